The molecule has 4 nitrogen and oxygen atoms in total. The van der Waals surface area contributed by atoms with Crippen LogP contribution in [0.4, 0.5) is 0 Å². The fourth-order valence-corrected chi connectivity index (χ4v) is 2.51. The Morgan fingerprint density at radius 3 is 2.67 bits per heavy atom. The molecule has 1 aromatic carbocycles. The van der Waals surface area contributed by atoms with Crippen LogP contribution >= 0.6 is 11.6 Å². The van der Waals surface area contributed by atoms with Crippen molar-refractivity contribution < 1.29 is 9.63 Å². The van der Waals surface area contributed by atoms with Crippen molar-refractivity contribution in [1.29, 1.82) is 0 Å². The number of nitrogens with zero attached hydrogens (tertiary/aromatic N) is 2. The van der Waals surface area contributed by atoms with E-state index in [0.717, 1.165) is 34.0 Å². The van der Waals surface area contributed by atoms with Crippen molar-refractivity contribution in [3.8, 4) is 11.3 Å². The van der Waals surface area contributed by atoms with Gasteiger partial charge in [0, 0.05) is 21.9 Å². The lowest BCUT2D eigenvalue weighted by molar-refractivity contribution is -0.505. The molecule has 3 rings (SSSR count). The average Bonchev–Trinajstić information content (AvgIpc) is 2.85. The van der Waals surface area contributed by atoms with Crippen LogP contribution in [-0.4, -0.2) is 9.94 Å². The van der Waals surface area contributed by atoms with Gasteiger partial charge in [0.25, 0.3) is 11.9 Å². The molecule has 0 saturated heterocycles. The molecule has 0 saturated carbocycles. The zero-order chi connectivity index (χ0) is 12.7. The summed E-state index contributed by atoms with van der Waals surface area (Å²) in [6.45, 7) is 0. The smallest absolute Gasteiger partial charge is 0.262 e. The van der Waals surface area contributed by atoms with Gasteiger partial charge in [-0.15, -0.1) is 0 Å². The maximum atomic E-state index is 11.9. The molecular weight excluding hydrogens is 252 g/mol. The van der Waals surface area contributed by atoms with Gasteiger partial charge < -0.3 is 5.21 Å². The van der Waals surface area contributed by atoms with E-state index in [9.17, 15) is 10.1 Å². The summed E-state index contributed by atoms with van der Waals surface area (Å²) in [6, 6.07) is 7.04. The Bertz CT molecular complexity index is 662. The highest BCUT2D eigenvalue weighted by Crippen LogP contribution is 2.24. The number of benzene rings is 1. The van der Waals surface area contributed by atoms with Gasteiger partial charge in [-0.05, 0) is 25.0 Å². The minimum absolute atomic E-state index is 0.488. The van der Waals surface area contributed by atoms with E-state index in [1.807, 2.05) is 0 Å². The Balaban J connectivity index is 2.22. The molecule has 1 aliphatic carbocycles. The predicted molar refractivity (Wildman–Crippen MR) is 67.5 cm³/mol. The third-order valence-corrected chi connectivity index (χ3v) is 3.54. The Labute approximate surface area is 109 Å². The van der Waals surface area contributed by atoms with Crippen molar-refractivity contribution in [3.05, 3.63) is 51.8 Å². The molecule has 0 amide bonds. The highest BCUT2D eigenvalue weighted by molar-refractivity contribution is 6.30. The number of hydrogen-bond donors (Lipinski definition) is 1. The Morgan fingerprint density at radius 1 is 1.22 bits per heavy atom. The first-order valence-electron chi connectivity index (χ1n) is 5.82. The van der Waals surface area contributed by atoms with E-state index in [2.05, 4.69) is 0 Å². The van der Waals surface area contributed by atoms with Gasteiger partial charge >= 0.3 is 0 Å². The minimum atomic E-state index is 0.488. The summed E-state index contributed by atoms with van der Waals surface area (Å²) >= 11 is 5.83. The monoisotopic (exact) mass is 263 g/mol. The van der Waals surface area contributed by atoms with Crippen molar-refractivity contribution in [1.82, 2.24) is 4.73 Å². The molecule has 5 heteroatoms. The van der Waals surface area contributed by atoms with Crippen LogP contribution in [-0.2, 0) is 12.8 Å². The van der Waals surface area contributed by atoms with Crippen LogP contribution < -0.4 is 4.43 Å². The second kappa shape index (κ2) is 4.14. The van der Waals surface area contributed by atoms with Crippen molar-refractivity contribution in [2.24, 2.45) is 0 Å². The van der Waals surface area contributed by atoms with E-state index in [-0.39, 0.29) is 0 Å². The summed E-state index contributed by atoms with van der Waals surface area (Å²) in [4.78, 5) is 11.9. The van der Waals surface area contributed by atoms with Crippen LogP contribution in [0.25, 0.3) is 11.3 Å². The third kappa shape index (κ3) is 1.69. The van der Waals surface area contributed by atoms with Crippen LogP contribution in [0.5, 0.6) is 0 Å². The van der Waals surface area contributed by atoms with Crippen LogP contribution in [0.1, 0.15) is 17.8 Å². The molecule has 0 spiro atoms. The molecule has 0 radical (unpaired) electrons. The molecule has 1 aromatic heterocycles. The number of halogens is 1. The van der Waals surface area contributed by atoms with Crippen LogP contribution in [0.2, 0.25) is 5.02 Å². The standard InChI is InChI=1S/C13H12ClN2O2/c14-10-6-4-9(5-7-10)13-8-15(17)11-2-1-3-12(11)16(13)18/h4-8,18H,1-3H2/q+1. The SMILES string of the molecule is O=[n+]1cc(-c2ccc(Cl)cc2)n(O)c2c1CCC2. The van der Waals surface area contributed by atoms with Gasteiger partial charge in [0.15, 0.2) is 5.69 Å². The lowest BCUT2D eigenvalue weighted by atomic mass is 10.1. The zero-order valence-corrected chi connectivity index (χ0v) is 10.4. The van der Waals surface area contributed by atoms with E-state index in [1.54, 1.807) is 24.3 Å². The quantitative estimate of drug-likeness (QED) is 0.635. The second-order valence-corrected chi connectivity index (χ2v) is 4.84. The van der Waals surface area contributed by atoms with Crippen molar-refractivity contribution in [2.75, 3.05) is 0 Å². The lowest BCUT2D eigenvalue weighted by Crippen LogP contribution is -2.25. The number of rotatable bonds is 1. The number of hydrogen-bond acceptors (Lipinski definition) is 2. The molecule has 2 aromatic rings. The lowest BCUT2D eigenvalue weighted by Gasteiger charge is -2.07. The Hall–Kier alpha value is -1.81. The van der Waals surface area contributed by atoms with E-state index in [4.69, 9.17) is 11.6 Å². The van der Waals surface area contributed by atoms with E-state index >= 15 is 0 Å². The second-order valence-electron chi connectivity index (χ2n) is 4.41. The van der Waals surface area contributed by atoms with Gasteiger partial charge in [0.2, 0.25) is 0 Å². The van der Waals surface area contributed by atoms with Crippen molar-refractivity contribution >= 4 is 11.6 Å². The molecule has 0 aliphatic heterocycles. The van der Waals surface area contributed by atoms with Crippen molar-refractivity contribution in [3.63, 3.8) is 0 Å². The van der Waals surface area contributed by atoms with Crippen LogP contribution in [0.3, 0.4) is 0 Å². The Morgan fingerprint density at radius 2 is 1.94 bits per heavy atom. The average molecular weight is 264 g/mol. The van der Waals surface area contributed by atoms with Gasteiger partial charge in [-0.1, -0.05) is 23.7 Å². The molecule has 1 heterocycles. The topological polar surface area (TPSA) is 48.1 Å². The fourth-order valence-electron chi connectivity index (χ4n) is 2.38. The van der Waals surface area contributed by atoms with Gasteiger partial charge in [0.1, 0.15) is 5.69 Å². The summed E-state index contributed by atoms with van der Waals surface area (Å²) in [5, 5.41) is 10.8. The number of fused-ring (bicyclic) bond motifs is 1. The fraction of sp³-hybridized carbons (Fsp3) is 0.231. The summed E-state index contributed by atoms with van der Waals surface area (Å²) in [7, 11) is 0. The largest absolute Gasteiger partial charge is 0.428 e. The molecule has 1 aliphatic rings. The van der Waals surface area contributed by atoms with Gasteiger partial charge in [-0.3, -0.25) is 0 Å². The molecule has 1 N–H and O–H groups in total. The minimum Gasteiger partial charge on any atom is -0.428 e. The van der Waals surface area contributed by atoms with Gasteiger partial charge in [-0.25, -0.2) is 0 Å². The summed E-state index contributed by atoms with van der Waals surface area (Å²) in [5.41, 5.74) is 2.62. The van der Waals surface area contributed by atoms with E-state index < -0.39 is 0 Å². The highest BCUT2D eigenvalue weighted by Gasteiger charge is 2.27. The normalized spacial score (nSPS) is 13.6. The molecular formula is C13H12ClN2O2+. The van der Waals surface area contributed by atoms with Crippen LogP contribution in [0, 0.1) is 4.91 Å². The Kier molecular flexibility index (Phi) is 2.59. The summed E-state index contributed by atoms with van der Waals surface area (Å²) in [5.74, 6) is 0. The highest BCUT2D eigenvalue weighted by atomic mass is 35.5. The third-order valence-electron chi connectivity index (χ3n) is 3.29. The molecule has 0 unspecified atom stereocenters. The maximum absolute atomic E-state index is 11.9. The first-order valence-corrected chi connectivity index (χ1v) is 6.20. The molecule has 92 valence electrons. The zero-order valence-electron chi connectivity index (χ0n) is 9.64. The maximum Gasteiger partial charge on any atom is 0.262 e. The summed E-state index contributed by atoms with van der Waals surface area (Å²) < 4.78 is 1.99. The first kappa shape index (κ1) is 11.3. The first-order chi connectivity index (χ1) is 8.66. The number of aromatic nitrogens is 2. The predicted octanol–water partition coefficient (Wildman–Crippen LogP) is 2.45. The molecule has 0 atom stereocenters. The van der Waals surface area contributed by atoms with Gasteiger partial charge in [0.05, 0.1) is 4.43 Å². The molecule has 18 heavy (non-hydrogen) atoms. The van der Waals surface area contributed by atoms with E-state index in [0.29, 0.717) is 22.1 Å². The van der Waals surface area contributed by atoms with Crippen molar-refractivity contribution in [2.45, 2.75) is 19.3 Å². The van der Waals surface area contributed by atoms with Crippen LogP contribution in [0.15, 0.2) is 30.5 Å². The molecule has 0 fully saturated rings. The molecule has 0 bridgehead atoms. The van der Waals surface area contributed by atoms with Gasteiger partial charge in [-0.2, -0.15) is 4.73 Å². The summed E-state index contributed by atoms with van der Waals surface area (Å²) in [6.07, 6.45) is 3.77. The van der Waals surface area contributed by atoms with E-state index in [1.165, 1.54) is 6.20 Å².